The van der Waals surface area contributed by atoms with Crippen LogP contribution >= 0.6 is 0 Å². The van der Waals surface area contributed by atoms with Crippen molar-refractivity contribution in [2.75, 3.05) is 39.8 Å². The van der Waals surface area contributed by atoms with Crippen molar-refractivity contribution >= 4 is 5.91 Å². The van der Waals surface area contributed by atoms with Gasteiger partial charge in [0.15, 0.2) is 0 Å². The predicted molar refractivity (Wildman–Crippen MR) is 91.6 cm³/mol. The highest BCUT2D eigenvalue weighted by atomic mass is 16.5. The third kappa shape index (κ3) is 4.25. The van der Waals surface area contributed by atoms with Crippen LogP contribution in [0.25, 0.3) is 0 Å². The van der Waals surface area contributed by atoms with Gasteiger partial charge in [-0.25, -0.2) is 0 Å². The maximum atomic E-state index is 12.4. The Balaban J connectivity index is 1.42. The second-order valence-electron chi connectivity index (χ2n) is 6.89. The molecule has 4 nitrogen and oxygen atoms in total. The van der Waals surface area contributed by atoms with Crippen LogP contribution in [0, 0.1) is 11.8 Å². The minimum Gasteiger partial charge on any atom is -0.497 e. The van der Waals surface area contributed by atoms with Crippen molar-refractivity contribution in [3.8, 4) is 5.75 Å². The van der Waals surface area contributed by atoms with Crippen LogP contribution in [-0.2, 0) is 11.2 Å². The zero-order valence-corrected chi connectivity index (χ0v) is 14.3. The van der Waals surface area contributed by atoms with E-state index in [0.29, 0.717) is 11.8 Å². The number of carbonyl (C=O) groups excluding carboxylic acids is 1. The Labute approximate surface area is 139 Å². The topological polar surface area (TPSA) is 32.8 Å². The van der Waals surface area contributed by atoms with E-state index in [9.17, 15) is 4.79 Å². The van der Waals surface area contributed by atoms with Gasteiger partial charge in [-0.15, -0.1) is 0 Å². The largest absolute Gasteiger partial charge is 0.497 e. The number of carbonyl (C=O) groups is 1. The molecular weight excluding hydrogens is 288 g/mol. The molecule has 2 aliphatic rings. The fourth-order valence-corrected chi connectivity index (χ4v) is 3.39. The molecule has 3 rings (SSSR count). The fourth-order valence-electron chi connectivity index (χ4n) is 3.39. The predicted octanol–water partition coefficient (Wildman–Crippen LogP) is 2.43. The van der Waals surface area contributed by atoms with E-state index < -0.39 is 0 Å². The van der Waals surface area contributed by atoms with E-state index in [-0.39, 0.29) is 5.92 Å². The van der Waals surface area contributed by atoms with Gasteiger partial charge in [-0.2, -0.15) is 0 Å². The van der Waals surface area contributed by atoms with E-state index in [4.69, 9.17) is 4.74 Å². The van der Waals surface area contributed by atoms with Gasteiger partial charge in [-0.3, -0.25) is 9.69 Å². The van der Waals surface area contributed by atoms with Crippen molar-refractivity contribution in [3.63, 3.8) is 0 Å². The zero-order chi connectivity index (χ0) is 16.2. The summed E-state index contributed by atoms with van der Waals surface area (Å²) in [4.78, 5) is 17.0. The van der Waals surface area contributed by atoms with Gasteiger partial charge in [-0.1, -0.05) is 19.1 Å². The van der Waals surface area contributed by atoms with Crippen LogP contribution in [0.4, 0.5) is 0 Å². The fraction of sp³-hybridized carbons (Fsp3) is 0.632. The lowest BCUT2D eigenvalue weighted by Crippen LogP contribution is -2.50. The first-order valence-electron chi connectivity index (χ1n) is 8.81. The Morgan fingerprint density at radius 3 is 2.65 bits per heavy atom. The number of methoxy groups -OCH3 is 1. The highest BCUT2D eigenvalue weighted by Gasteiger charge is 2.35. The quantitative estimate of drug-likeness (QED) is 0.808. The Kier molecular flexibility index (Phi) is 5.21. The first kappa shape index (κ1) is 16.3. The van der Waals surface area contributed by atoms with Crippen LogP contribution in [0.5, 0.6) is 5.75 Å². The lowest BCUT2D eigenvalue weighted by atomic mass is 10.0. The lowest BCUT2D eigenvalue weighted by Gasteiger charge is -2.36. The van der Waals surface area contributed by atoms with Gasteiger partial charge < -0.3 is 9.64 Å². The minimum atomic E-state index is 0.235. The first-order valence-corrected chi connectivity index (χ1v) is 8.81. The number of hydrogen-bond acceptors (Lipinski definition) is 3. The Morgan fingerprint density at radius 2 is 2.00 bits per heavy atom. The number of piperazine rings is 1. The van der Waals surface area contributed by atoms with Crippen molar-refractivity contribution in [1.29, 1.82) is 0 Å². The standard InChI is InChI=1S/C19H28N2O2/c1-15(17-6-7-17)19(22)21-12-10-20(11-13-21)9-8-16-4-3-5-18(14-16)23-2/h3-5,14-15,17H,6-13H2,1-2H3. The summed E-state index contributed by atoms with van der Waals surface area (Å²) in [6.07, 6.45) is 3.52. The zero-order valence-electron chi connectivity index (χ0n) is 14.3. The van der Waals surface area contributed by atoms with Crippen LogP contribution in [0.1, 0.15) is 25.3 Å². The van der Waals surface area contributed by atoms with E-state index >= 15 is 0 Å². The minimum absolute atomic E-state index is 0.235. The molecule has 1 saturated heterocycles. The molecule has 0 aromatic heterocycles. The van der Waals surface area contributed by atoms with E-state index in [2.05, 4.69) is 28.9 Å². The van der Waals surface area contributed by atoms with Crippen LogP contribution in [-0.4, -0.2) is 55.5 Å². The summed E-state index contributed by atoms with van der Waals surface area (Å²) in [5.74, 6) is 2.19. The second-order valence-corrected chi connectivity index (χ2v) is 6.89. The highest BCUT2D eigenvalue weighted by Crippen LogP contribution is 2.37. The summed E-state index contributed by atoms with van der Waals surface area (Å²) in [6.45, 7) is 6.91. The summed E-state index contributed by atoms with van der Waals surface area (Å²) in [5, 5.41) is 0. The molecule has 1 unspecified atom stereocenters. The number of benzene rings is 1. The van der Waals surface area contributed by atoms with Gasteiger partial charge in [0.1, 0.15) is 5.75 Å². The normalized spacial score (nSPS) is 20.3. The molecule has 1 aromatic carbocycles. The van der Waals surface area contributed by atoms with Gasteiger partial charge in [-0.05, 0) is 42.9 Å². The number of nitrogens with zero attached hydrogens (tertiary/aromatic N) is 2. The summed E-state index contributed by atoms with van der Waals surface area (Å²) < 4.78 is 5.28. The number of ether oxygens (including phenoxy) is 1. The van der Waals surface area contributed by atoms with Gasteiger partial charge in [0, 0.05) is 38.6 Å². The molecule has 2 fully saturated rings. The average Bonchev–Trinajstić information content (AvgIpc) is 3.44. The van der Waals surface area contributed by atoms with Gasteiger partial charge in [0.2, 0.25) is 5.91 Å². The molecule has 1 aliphatic carbocycles. The maximum Gasteiger partial charge on any atom is 0.225 e. The molecule has 126 valence electrons. The monoisotopic (exact) mass is 316 g/mol. The molecule has 0 bridgehead atoms. The van der Waals surface area contributed by atoms with E-state index in [1.54, 1.807) is 7.11 Å². The van der Waals surface area contributed by atoms with Crippen LogP contribution in [0.15, 0.2) is 24.3 Å². The molecule has 1 saturated carbocycles. The number of amides is 1. The third-order valence-electron chi connectivity index (χ3n) is 5.25. The molecular formula is C19H28N2O2. The number of rotatable bonds is 6. The first-order chi connectivity index (χ1) is 11.2. The van der Waals surface area contributed by atoms with Crippen molar-refractivity contribution in [3.05, 3.63) is 29.8 Å². The summed E-state index contributed by atoms with van der Waals surface area (Å²) in [6, 6.07) is 8.29. The van der Waals surface area contributed by atoms with E-state index in [1.807, 2.05) is 12.1 Å². The van der Waals surface area contributed by atoms with Crippen LogP contribution in [0.3, 0.4) is 0 Å². The maximum absolute atomic E-state index is 12.4. The van der Waals surface area contributed by atoms with Crippen molar-refractivity contribution in [2.24, 2.45) is 11.8 Å². The Bertz CT molecular complexity index is 534. The molecule has 1 aromatic rings. The highest BCUT2D eigenvalue weighted by molar-refractivity contribution is 5.79. The van der Waals surface area contributed by atoms with Crippen LogP contribution < -0.4 is 4.74 Å². The molecule has 0 spiro atoms. The smallest absolute Gasteiger partial charge is 0.225 e. The van der Waals surface area contributed by atoms with Gasteiger partial charge in [0.05, 0.1) is 7.11 Å². The third-order valence-corrected chi connectivity index (χ3v) is 5.25. The van der Waals surface area contributed by atoms with Crippen molar-refractivity contribution < 1.29 is 9.53 Å². The Hall–Kier alpha value is -1.55. The summed E-state index contributed by atoms with van der Waals surface area (Å²) in [7, 11) is 1.71. The molecule has 0 radical (unpaired) electrons. The molecule has 1 heterocycles. The number of hydrogen-bond donors (Lipinski definition) is 0. The molecule has 0 N–H and O–H groups in total. The lowest BCUT2D eigenvalue weighted by molar-refractivity contribution is -0.137. The second kappa shape index (κ2) is 7.35. The molecule has 1 atom stereocenters. The average molecular weight is 316 g/mol. The molecule has 23 heavy (non-hydrogen) atoms. The van der Waals surface area contributed by atoms with Crippen molar-refractivity contribution in [1.82, 2.24) is 9.80 Å². The summed E-state index contributed by atoms with van der Waals surface area (Å²) >= 11 is 0. The van der Waals surface area contributed by atoms with Gasteiger partial charge in [0.25, 0.3) is 0 Å². The molecule has 1 amide bonds. The summed E-state index contributed by atoms with van der Waals surface area (Å²) in [5.41, 5.74) is 1.31. The van der Waals surface area contributed by atoms with E-state index in [1.165, 1.54) is 18.4 Å². The van der Waals surface area contributed by atoms with Gasteiger partial charge >= 0.3 is 0 Å². The molecule has 4 heteroatoms. The SMILES string of the molecule is COc1cccc(CCN2CCN(C(=O)C(C)C3CC3)CC2)c1. The molecule has 1 aliphatic heterocycles. The van der Waals surface area contributed by atoms with E-state index in [0.717, 1.165) is 44.9 Å². The Morgan fingerprint density at radius 1 is 1.26 bits per heavy atom. The van der Waals surface area contributed by atoms with Crippen LogP contribution in [0.2, 0.25) is 0 Å². The van der Waals surface area contributed by atoms with Crippen molar-refractivity contribution in [2.45, 2.75) is 26.2 Å².